The van der Waals surface area contributed by atoms with Crippen molar-refractivity contribution in [1.29, 1.82) is 0 Å². The van der Waals surface area contributed by atoms with E-state index in [0.29, 0.717) is 19.0 Å². The summed E-state index contributed by atoms with van der Waals surface area (Å²) in [5, 5.41) is 0. The van der Waals surface area contributed by atoms with E-state index in [1.165, 1.54) is 0 Å². The molecule has 0 aliphatic heterocycles. The Hall–Kier alpha value is -2.08. The molecule has 0 saturated carbocycles. The summed E-state index contributed by atoms with van der Waals surface area (Å²) >= 11 is 0. The van der Waals surface area contributed by atoms with Gasteiger partial charge in [-0.2, -0.15) is 23.9 Å². The highest BCUT2D eigenvalue weighted by molar-refractivity contribution is 5.62. The molecule has 11 heteroatoms. The Morgan fingerprint density at radius 3 is 1.85 bits per heavy atom. The zero-order valence-corrected chi connectivity index (χ0v) is 16.3. The maximum Gasteiger partial charge on any atom is 0.323 e. The average molecular weight is 403 g/mol. The second-order valence-corrected chi connectivity index (χ2v) is 6.55. The summed E-state index contributed by atoms with van der Waals surface area (Å²) in [5.74, 6) is 0.496. The number of rotatable bonds is 6. The van der Waals surface area contributed by atoms with Gasteiger partial charge in [0.2, 0.25) is 0 Å². The lowest BCUT2D eigenvalue weighted by atomic mass is 9.90. The van der Waals surface area contributed by atoms with Crippen molar-refractivity contribution in [3.8, 4) is 23.4 Å². The van der Waals surface area contributed by atoms with Crippen LogP contribution in [0.3, 0.4) is 0 Å². The molecule has 1 heterocycles. The van der Waals surface area contributed by atoms with Gasteiger partial charge in [-0.1, -0.05) is 24.3 Å². The third-order valence-corrected chi connectivity index (χ3v) is 3.00. The molecule has 27 heavy (non-hydrogen) atoms. The Labute approximate surface area is 159 Å². The van der Waals surface area contributed by atoms with Gasteiger partial charge in [0, 0.05) is 11.1 Å². The molecule has 0 bridgehead atoms. The summed E-state index contributed by atoms with van der Waals surface area (Å²) in [6.45, 7) is 8.58. The van der Waals surface area contributed by atoms with Gasteiger partial charge in [0.1, 0.15) is 0 Å². The van der Waals surface area contributed by atoms with Crippen LogP contribution in [0.25, 0.3) is 11.4 Å². The van der Waals surface area contributed by atoms with E-state index in [2.05, 4.69) is 15.0 Å². The topological polar surface area (TPSA) is 173 Å². The highest BCUT2D eigenvalue weighted by Crippen LogP contribution is 2.29. The molecule has 0 unspecified atom stereocenters. The van der Waals surface area contributed by atoms with Crippen LogP contribution in [0.2, 0.25) is 0 Å². The van der Waals surface area contributed by atoms with E-state index in [0.717, 1.165) is 11.1 Å². The molecule has 0 saturated heterocycles. The van der Waals surface area contributed by atoms with E-state index in [4.69, 9.17) is 33.8 Å². The molecule has 10 nitrogen and oxygen atoms in total. The third-order valence-electron chi connectivity index (χ3n) is 3.00. The largest absolute Gasteiger partial charge is 0.464 e. The summed E-state index contributed by atoms with van der Waals surface area (Å²) in [4.78, 5) is 12.9. The fraction of sp³-hybridized carbons (Fsp3) is 0.438. The Kier molecular flexibility index (Phi) is 8.28. The number of benzene rings is 1. The lowest BCUT2D eigenvalue weighted by molar-refractivity contribution is -1.92. The first-order chi connectivity index (χ1) is 12.5. The molecule has 0 aliphatic carbocycles. The number of nitrogens with zero attached hydrogens (tertiary/aromatic N) is 3. The minimum Gasteiger partial charge on any atom is -0.464 e. The van der Waals surface area contributed by atoms with Crippen LogP contribution in [-0.4, -0.2) is 32.8 Å². The number of halogens is 1. The average Bonchev–Trinajstić information content (AvgIpc) is 2.53. The van der Waals surface area contributed by atoms with Crippen molar-refractivity contribution in [3.63, 3.8) is 0 Å². The lowest BCUT2D eigenvalue weighted by Crippen LogP contribution is -2.58. The van der Waals surface area contributed by atoms with Crippen molar-refractivity contribution in [3.05, 3.63) is 29.8 Å². The molecule has 0 atom stereocenters. The maximum atomic E-state index is 8.60. The second-order valence-electron chi connectivity index (χ2n) is 5.75. The summed E-state index contributed by atoms with van der Waals surface area (Å²) in [7, 11) is -4.69. The minimum atomic E-state index is -4.69. The van der Waals surface area contributed by atoms with Gasteiger partial charge in [-0.05, 0) is 33.3 Å². The van der Waals surface area contributed by atoms with Crippen LogP contribution in [0.4, 0.5) is 0 Å². The van der Waals surface area contributed by atoms with Crippen LogP contribution in [0, 0.1) is 10.2 Å². The van der Waals surface area contributed by atoms with Gasteiger partial charge < -0.3 is 15.2 Å². The Morgan fingerprint density at radius 1 is 1.00 bits per heavy atom. The van der Waals surface area contributed by atoms with Gasteiger partial charge >= 0.3 is 12.0 Å². The summed E-state index contributed by atoms with van der Waals surface area (Å²) in [6.07, 6.45) is 0. The van der Waals surface area contributed by atoms with Crippen molar-refractivity contribution in [2.75, 3.05) is 13.2 Å². The molecule has 2 aromatic rings. The maximum absolute atomic E-state index is 8.60. The quantitative estimate of drug-likeness (QED) is 0.573. The second kappa shape index (κ2) is 9.74. The molecular weight excluding hydrogens is 380 g/mol. The number of hydrogen-bond donors (Lipinski definition) is 2. The van der Waals surface area contributed by atoms with Crippen LogP contribution in [0.15, 0.2) is 24.3 Å². The van der Waals surface area contributed by atoms with Crippen LogP contribution < -0.4 is 29.2 Å². The smallest absolute Gasteiger partial charge is 0.323 e. The molecule has 0 spiro atoms. The Bertz CT molecular complexity index is 703. The molecule has 150 valence electrons. The number of hydrogen-bond acceptors (Lipinski definition) is 10. The molecular formula is C16H23ClN4O6. The van der Waals surface area contributed by atoms with E-state index in [1.54, 1.807) is 0 Å². The fourth-order valence-electron chi connectivity index (χ4n) is 2.09. The number of ether oxygens (including phenoxy) is 2. The van der Waals surface area contributed by atoms with E-state index in [-0.39, 0.29) is 12.0 Å². The molecule has 0 aliphatic rings. The molecule has 1 aromatic heterocycles. The first-order valence-corrected chi connectivity index (χ1v) is 9.25. The Balaban J connectivity index is 0.000000646. The highest BCUT2D eigenvalue weighted by Gasteiger charge is 2.21. The first kappa shape index (κ1) is 23.0. The zero-order valence-electron chi connectivity index (χ0n) is 15.5. The minimum absolute atomic E-state index is 0.251. The summed E-state index contributed by atoms with van der Waals surface area (Å²) in [6, 6.07) is 8.28. The molecule has 0 fully saturated rings. The molecule has 2 rings (SSSR count). The van der Waals surface area contributed by atoms with Crippen LogP contribution >= 0.6 is 0 Å². The van der Waals surface area contributed by atoms with E-state index < -0.39 is 15.8 Å². The fourth-order valence-corrected chi connectivity index (χ4v) is 2.09. The third kappa shape index (κ3) is 8.43. The normalized spacial score (nSPS) is 11.4. The van der Waals surface area contributed by atoms with E-state index in [9.17, 15) is 0 Å². The van der Waals surface area contributed by atoms with Crippen LogP contribution in [0.5, 0.6) is 12.0 Å². The van der Waals surface area contributed by atoms with Crippen molar-refractivity contribution in [2.45, 2.75) is 33.2 Å². The molecule has 0 radical (unpaired) electrons. The van der Waals surface area contributed by atoms with Crippen LogP contribution in [0.1, 0.15) is 33.3 Å². The van der Waals surface area contributed by atoms with Crippen molar-refractivity contribution in [2.24, 2.45) is 5.73 Å². The predicted octanol–water partition coefficient (Wildman–Crippen LogP) is -1.59. The first-order valence-electron chi connectivity index (χ1n) is 7.99. The van der Waals surface area contributed by atoms with Gasteiger partial charge in [0.15, 0.2) is 5.82 Å². The molecule has 3 N–H and O–H groups in total. The lowest BCUT2D eigenvalue weighted by Gasteiger charge is -2.22. The number of aromatic nitrogens is 3. The Morgan fingerprint density at radius 2 is 1.44 bits per heavy atom. The van der Waals surface area contributed by atoms with Gasteiger partial charge in [-0.25, -0.2) is 0 Å². The van der Waals surface area contributed by atoms with Crippen molar-refractivity contribution in [1.82, 2.24) is 15.0 Å². The van der Waals surface area contributed by atoms with E-state index >= 15 is 0 Å². The van der Waals surface area contributed by atoms with Crippen molar-refractivity contribution >= 4 is 0 Å². The number of nitrogens with two attached hydrogens (primary N) is 1. The molecule has 0 amide bonds. The predicted molar refractivity (Wildman–Crippen MR) is 87.0 cm³/mol. The zero-order chi connectivity index (χ0) is 20.7. The SMILES string of the molecule is CCOc1nc(OCC)nc(-c2ccccc2C(C)(C)N)n1.[O-][Cl+3]([O-])([O-])O. The van der Waals surface area contributed by atoms with Gasteiger partial charge in [-0.3, -0.25) is 0 Å². The van der Waals surface area contributed by atoms with Crippen LogP contribution in [-0.2, 0) is 5.54 Å². The molecule has 1 aromatic carbocycles. The summed E-state index contributed by atoms with van der Waals surface area (Å²) < 4.78 is 43.5. The van der Waals surface area contributed by atoms with Crippen molar-refractivity contribution < 1.29 is 38.4 Å². The standard InChI is InChI=1S/C16H22N4O2.ClHO4/c1-5-21-14-18-13(19-15(20-14)22-6-2)11-9-7-8-10-12(11)16(3,4)17;2-1(3,4)5/h7-10H,5-6,17H2,1-4H3;(H,2,3,4,5). The summed E-state index contributed by atoms with van der Waals surface area (Å²) in [5.41, 5.74) is 7.54. The van der Waals surface area contributed by atoms with E-state index in [1.807, 2.05) is 52.0 Å². The highest BCUT2D eigenvalue weighted by atomic mass is 35.7. The van der Waals surface area contributed by atoms with Gasteiger partial charge in [0.05, 0.1) is 28.1 Å². The van der Waals surface area contributed by atoms with Gasteiger partial charge in [-0.15, -0.1) is 4.98 Å². The monoisotopic (exact) mass is 402 g/mol. The van der Waals surface area contributed by atoms with Gasteiger partial charge in [0.25, 0.3) is 0 Å².